The molecule has 0 aliphatic carbocycles. The van der Waals surface area contributed by atoms with Gasteiger partial charge in [-0.05, 0) is 27.7 Å². The first-order valence-electron chi connectivity index (χ1n) is 19.6. The molecule has 0 aliphatic rings. The molecule has 6 aromatic rings. The molecule has 0 bridgehead atoms. The number of imidazole rings is 2. The predicted molar refractivity (Wildman–Crippen MR) is 245 cm³/mol. The van der Waals surface area contributed by atoms with Gasteiger partial charge in [0.1, 0.15) is 6.15 Å². The fourth-order valence-corrected chi connectivity index (χ4v) is 5.91. The van der Waals surface area contributed by atoms with Crippen LogP contribution in [0.4, 0.5) is 0 Å². The Labute approximate surface area is 368 Å². The maximum absolute atomic E-state index is 10.7. The summed E-state index contributed by atoms with van der Waals surface area (Å²) < 4.78 is 3.78. The van der Waals surface area contributed by atoms with Crippen LogP contribution in [0.1, 0.15) is 41.5 Å². The van der Waals surface area contributed by atoms with Gasteiger partial charge in [-0.15, -0.1) is 11.5 Å². The zero-order chi connectivity index (χ0) is 43.7. The number of rotatable bonds is 9. The summed E-state index contributed by atoms with van der Waals surface area (Å²) in [7, 11) is 3.88. The van der Waals surface area contributed by atoms with E-state index in [1.54, 1.807) is 52.7 Å². The van der Waals surface area contributed by atoms with Crippen LogP contribution in [0.25, 0.3) is 0 Å². The van der Waals surface area contributed by atoms with Crippen molar-refractivity contribution >= 4 is 39.4 Å². The number of aromatic nitrogens is 4. The van der Waals surface area contributed by atoms with Gasteiger partial charge in [0.25, 0.3) is 0 Å². The van der Waals surface area contributed by atoms with Crippen molar-refractivity contribution < 1.29 is 37.2 Å². The summed E-state index contributed by atoms with van der Waals surface area (Å²) in [6, 6.07) is 43.5. The Morgan fingerprint density at radius 3 is 0.967 bits per heavy atom. The number of aliphatic hydroxyl groups is 2. The Morgan fingerprint density at radius 2 is 0.800 bits per heavy atom. The van der Waals surface area contributed by atoms with Gasteiger partial charge in [-0.25, -0.2) is 9.97 Å². The van der Waals surface area contributed by atoms with Gasteiger partial charge in [0, 0.05) is 63.5 Å². The van der Waals surface area contributed by atoms with Gasteiger partial charge in [0.15, 0.2) is 0 Å². The van der Waals surface area contributed by atoms with Crippen LogP contribution in [0.5, 0.6) is 0 Å². The maximum atomic E-state index is 10.7. The molecule has 0 saturated heterocycles. The molecule has 60 heavy (non-hydrogen) atoms. The fourth-order valence-electron chi connectivity index (χ4n) is 5.91. The van der Waals surface area contributed by atoms with E-state index in [1.807, 2.05) is 35.6 Å². The Balaban J connectivity index is 0.000000846. The van der Waals surface area contributed by atoms with Crippen molar-refractivity contribution in [3.05, 3.63) is 182 Å². The Kier molecular flexibility index (Phi) is 29.9. The van der Waals surface area contributed by atoms with E-state index >= 15 is 0 Å². The van der Waals surface area contributed by atoms with Gasteiger partial charge in [0.2, 0.25) is 0 Å². The molecule has 0 fully saturated rings. The van der Waals surface area contributed by atoms with Crippen LogP contribution in [-0.2, 0) is 30.9 Å². The van der Waals surface area contributed by atoms with Crippen molar-refractivity contribution in [1.29, 1.82) is 0 Å². The topological polar surface area (TPSA) is 147 Å². The zero-order valence-electron chi connectivity index (χ0n) is 36.3. The number of allylic oxidation sites excluding steroid dienone is 4. The van der Waals surface area contributed by atoms with Crippen LogP contribution in [0.3, 0.4) is 0 Å². The normalized spacial score (nSPS) is 11.2. The van der Waals surface area contributed by atoms with Crippen molar-refractivity contribution in [1.82, 2.24) is 19.1 Å². The fraction of sp³-hybridized carbons (Fsp3) is 0.250. The molecule has 0 spiro atoms. The molecule has 0 aliphatic heterocycles. The third-order valence-corrected chi connectivity index (χ3v) is 8.12. The van der Waals surface area contributed by atoms with Crippen LogP contribution in [0.2, 0.25) is 0 Å². The zero-order valence-corrected chi connectivity index (χ0v) is 37.3. The minimum absolute atomic E-state index is 0. The molecule has 0 unspecified atom stereocenters. The van der Waals surface area contributed by atoms with Crippen molar-refractivity contribution in [2.45, 2.75) is 41.5 Å². The number of aryl methyl sites for hydroxylation is 2. The van der Waals surface area contributed by atoms with Crippen molar-refractivity contribution in [2.24, 2.45) is 24.1 Å². The minimum atomic E-state index is -1.22. The molecule has 6 rings (SSSR count). The Hall–Kier alpha value is -5.79. The average Bonchev–Trinajstić information content (AvgIpc) is 3.93. The second kappa shape index (κ2) is 33.1. The van der Waals surface area contributed by atoms with Gasteiger partial charge < -0.3 is 29.6 Å². The minimum Gasteiger partial charge on any atom is -0.876 e. The molecule has 0 radical (unpaired) electrons. The first-order valence-corrected chi connectivity index (χ1v) is 19.6. The standard InChI is InChI=1S/C24H20B.C12H20N2O2.2C4H6N2.2C2H6O.Co/c1-5-13-21(14-6-1)25(22-15-7-2-8-16-22,23-17-9-3-10-18-23)24-19-11-4-12-20-24;1-9(7-11(3)15)13-5-6-14-10(2)8-12(4)16;2*1-6-3-2-5-4-6;2*1-2-3;/h1-20H;7-8,15-16H,5-6H2,1-4H3;2*2-4H,1H3;2*3H,2H2,1H3;/q-1;;;;;;+3/p-2/b;11-7-,12-8-,13-9?,14-10?;;;;;. The van der Waals surface area contributed by atoms with E-state index in [0.29, 0.717) is 24.5 Å². The van der Waals surface area contributed by atoms with E-state index < -0.39 is 6.15 Å². The summed E-state index contributed by atoms with van der Waals surface area (Å²) in [6.07, 6.45) is 12.5. The maximum Gasteiger partial charge on any atom is 3.00 e. The average molecular weight is 857 g/mol. The third kappa shape index (κ3) is 21.8. The Bertz CT molecular complexity index is 1790. The van der Waals surface area contributed by atoms with Gasteiger partial charge in [-0.3, -0.25) is 9.98 Å². The van der Waals surface area contributed by atoms with Crippen LogP contribution in [0.15, 0.2) is 192 Å². The summed E-state index contributed by atoms with van der Waals surface area (Å²) in [5.41, 5.74) is 6.77. The molecular weight excluding hydrogens is 794 g/mol. The quantitative estimate of drug-likeness (QED) is 0.0959. The van der Waals surface area contributed by atoms with E-state index in [0.717, 1.165) is 0 Å². The van der Waals surface area contributed by atoms with Crippen LogP contribution >= 0.6 is 0 Å². The van der Waals surface area contributed by atoms with Crippen LogP contribution in [0, 0.1) is 0 Å². The second-order valence-electron chi connectivity index (χ2n) is 13.2. The molecule has 2 heterocycles. The van der Waals surface area contributed by atoms with Crippen LogP contribution in [-0.4, -0.2) is 73.2 Å². The number of aliphatic hydroxyl groups excluding tert-OH is 2. The first kappa shape index (κ1) is 54.2. The van der Waals surface area contributed by atoms with Gasteiger partial charge >= 0.3 is 16.8 Å². The van der Waals surface area contributed by atoms with E-state index in [2.05, 4.69) is 141 Å². The molecule has 12 heteroatoms. The summed E-state index contributed by atoms with van der Waals surface area (Å²) >= 11 is 0. The summed E-state index contributed by atoms with van der Waals surface area (Å²) in [6.45, 7) is 11.4. The molecule has 4 aromatic carbocycles. The van der Waals surface area contributed by atoms with Crippen molar-refractivity contribution in [3.8, 4) is 0 Å². The largest absolute Gasteiger partial charge is 3.00 e. The number of hydrogen-bond acceptors (Lipinski definition) is 8. The van der Waals surface area contributed by atoms with Crippen molar-refractivity contribution in [2.75, 3.05) is 26.3 Å². The van der Waals surface area contributed by atoms with Gasteiger partial charge in [-0.2, -0.15) is 21.9 Å². The van der Waals surface area contributed by atoms with Crippen molar-refractivity contribution in [3.63, 3.8) is 0 Å². The Morgan fingerprint density at radius 1 is 0.550 bits per heavy atom. The molecule has 0 saturated carbocycles. The predicted octanol–water partition coefficient (Wildman–Crippen LogP) is 4.34. The smallest absolute Gasteiger partial charge is 0.876 e. The molecule has 2 aromatic heterocycles. The second-order valence-corrected chi connectivity index (χ2v) is 13.2. The molecule has 10 nitrogen and oxygen atoms in total. The van der Waals surface area contributed by atoms with Gasteiger partial charge in [0.05, 0.1) is 25.7 Å². The monoisotopic (exact) mass is 856 g/mol. The molecule has 0 atom stereocenters. The first-order chi connectivity index (χ1) is 28.5. The molecular formula is C48H62BCoN6O4. The van der Waals surface area contributed by atoms with Crippen LogP contribution < -0.4 is 32.1 Å². The van der Waals surface area contributed by atoms with E-state index in [9.17, 15) is 10.2 Å². The third-order valence-electron chi connectivity index (χ3n) is 8.12. The summed E-state index contributed by atoms with van der Waals surface area (Å²) in [4.78, 5) is 15.9. The number of nitrogens with zero attached hydrogens (tertiary/aromatic N) is 6. The molecule has 320 valence electrons. The molecule has 0 amide bonds. The SMILES string of the molecule is CC(/C=C(/C)[O-])=NCCN=C(C)/C=C(/C)[O-].CCO.CCO.Cn1ccnc1.Cn1ccnc1.[Co+3].c1ccc([B-](c2ccccc2)(c2ccccc2)c2ccccc2)cc1. The van der Waals surface area contributed by atoms with Gasteiger partial charge in [-0.1, -0.05) is 147 Å². The van der Waals surface area contributed by atoms with E-state index in [1.165, 1.54) is 47.9 Å². The number of benzene rings is 4. The number of hydrogen-bond donors (Lipinski definition) is 2. The number of aliphatic imine (C=N–C) groups is 2. The van der Waals surface area contributed by atoms with E-state index in [4.69, 9.17) is 10.2 Å². The van der Waals surface area contributed by atoms with E-state index in [-0.39, 0.29) is 41.5 Å². The summed E-state index contributed by atoms with van der Waals surface area (Å²) in [5.74, 6) is -0.0170. The molecule has 2 N–H and O–H groups in total. The summed E-state index contributed by atoms with van der Waals surface area (Å²) in [5, 5.41) is 36.6.